The normalized spacial score (nSPS) is 13.6. The third kappa shape index (κ3) is 8.12. The minimum absolute atomic E-state index is 0.168. The molecule has 0 spiro atoms. The van der Waals surface area contributed by atoms with Gasteiger partial charge in [-0.2, -0.15) is 0 Å². The van der Waals surface area contributed by atoms with Crippen LogP contribution in [0, 0.1) is 0 Å². The number of carbonyl (C=O) groups is 3. The number of carbonyl (C=O) groups excluding carboxylic acids is 3. The number of anilines is 2. The Morgan fingerprint density at radius 1 is 0.816 bits per heavy atom. The smallest absolute Gasteiger partial charge is 0.313 e. The van der Waals surface area contributed by atoms with Crippen LogP contribution >= 0.6 is 15.9 Å². The van der Waals surface area contributed by atoms with Crippen molar-refractivity contribution >= 4 is 45.0 Å². The monoisotopic (exact) mass is 578 g/mol. The van der Waals surface area contributed by atoms with Gasteiger partial charge in [-0.25, -0.2) is 0 Å². The van der Waals surface area contributed by atoms with Gasteiger partial charge in [-0.1, -0.05) is 28.1 Å². The maximum Gasteiger partial charge on any atom is 0.313 e. The maximum absolute atomic E-state index is 12.3. The Morgan fingerprint density at radius 3 is 2.18 bits per heavy atom. The zero-order chi connectivity index (χ0) is 26.7. The van der Waals surface area contributed by atoms with Gasteiger partial charge in [0, 0.05) is 73.1 Å². The van der Waals surface area contributed by atoms with E-state index < -0.39 is 11.8 Å². The van der Waals surface area contributed by atoms with Crippen LogP contribution in [0.25, 0.3) is 0 Å². The molecule has 1 aliphatic rings. The average Bonchev–Trinajstić information content (AvgIpc) is 2.96. The standard InChI is InChI=1S/C28H31BrN6O3/c29-23-6-4-22(5-7-23)26(36)32-20-21-2-8-24(9-3-21)33-28(38)27(37)31-12-1-15-34-16-18-35(19-17-34)25-10-13-30-14-11-25/h2-11,13-14H,1,12,15-20H2,(H,31,37)(H,32,36)(H,33,38). The van der Waals surface area contributed by atoms with Crippen LogP contribution in [0.5, 0.6) is 0 Å². The molecule has 1 aliphatic heterocycles. The molecule has 4 rings (SSSR count). The van der Waals surface area contributed by atoms with Crippen molar-refractivity contribution in [2.45, 2.75) is 13.0 Å². The number of hydrogen-bond acceptors (Lipinski definition) is 6. The van der Waals surface area contributed by atoms with Crippen molar-refractivity contribution in [3.63, 3.8) is 0 Å². The third-order valence-corrected chi connectivity index (χ3v) is 6.84. The minimum Gasteiger partial charge on any atom is -0.369 e. The van der Waals surface area contributed by atoms with Gasteiger partial charge in [0.15, 0.2) is 0 Å². The summed E-state index contributed by atoms with van der Waals surface area (Å²) in [6.07, 6.45) is 4.39. The van der Waals surface area contributed by atoms with Crippen molar-refractivity contribution in [2.75, 3.05) is 49.5 Å². The molecule has 1 aromatic heterocycles. The summed E-state index contributed by atoms with van der Waals surface area (Å²) in [5, 5.41) is 8.17. The second-order valence-electron chi connectivity index (χ2n) is 8.98. The van der Waals surface area contributed by atoms with Crippen molar-refractivity contribution in [1.82, 2.24) is 20.5 Å². The van der Waals surface area contributed by atoms with E-state index in [1.165, 1.54) is 5.69 Å². The second kappa shape index (κ2) is 13.7. The Labute approximate surface area is 230 Å². The number of aromatic nitrogens is 1. The topological polar surface area (TPSA) is 107 Å². The first kappa shape index (κ1) is 27.3. The van der Waals surface area contributed by atoms with Gasteiger partial charge >= 0.3 is 11.8 Å². The Morgan fingerprint density at radius 2 is 1.50 bits per heavy atom. The van der Waals surface area contributed by atoms with Gasteiger partial charge in [-0.15, -0.1) is 0 Å². The summed E-state index contributed by atoms with van der Waals surface area (Å²) >= 11 is 3.35. The van der Waals surface area contributed by atoms with Crippen molar-refractivity contribution in [3.8, 4) is 0 Å². The Hall–Kier alpha value is -3.76. The van der Waals surface area contributed by atoms with Crippen LogP contribution in [0.4, 0.5) is 11.4 Å². The number of nitrogens with one attached hydrogen (secondary N) is 3. The molecule has 198 valence electrons. The molecule has 0 bridgehead atoms. The summed E-state index contributed by atoms with van der Waals surface area (Å²) < 4.78 is 0.909. The SMILES string of the molecule is O=C(NCCCN1CCN(c2ccncc2)CC1)C(=O)Nc1ccc(CNC(=O)c2ccc(Br)cc2)cc1. The Bertz CT molecular complexity index is 1210. The maximum atomic E-state index is 12.3. The van der Waals surface area contributed by atoms with Crippen molar-refractivity contribution < 1.29 is 14.4 Å². The summed E-state index contributed by atoms with van der Waals surface area (Å²) in [7, 11) is 0. The highest BCUT2D eigenvalue weighted by atomic mass is 79.9. The van der Waals surface area contributed by atoms with Crippen LogP contribution in [-0.4, -0.2) is 66.9 Å². The van der Waals surface area contributed by atoms with Crippen molar-refractivity contribution in [3.05, 3.63) is 88.7 Å². The summed E-state index contributed by atoms with van der Waals surface area (Å²) in [6.45, 7) is 5.48. The first-order valence-corrected chi connectivity index (χ1v) is 13.4. The molecule has 3 N–H and O–H groups in total. The lowest BCUT2D eigenvalue weighted by molar-refractivity contribution is -0.136. The number of hydrogen-bond donors (Lipinski definition) is 3. The van der Waals surface area contributed by atoms with Crippen LogP contribution in [0.1, 0.15) is 22.3 Å². The molecule has 2 heterocycles. The van der Waals surface area contributed by atoms with Crippen LogP contribution in [-0.2, 0) is 16.1 Å². The van der Waals surface area contributed by atoms with Crippen LogP contribution < -0.4 is 20.9 Å². The molecule has 9 nitrogen and oxygen atoms in total. The summed E-state index contributed by atoms with van der Waals surface area (Å²) in [4.78, 5) is 45.5. The number of pyridine rings is 1. The Kier molecular flexibility index (Phi) is 9.83. The molecule has 2 aromatic carbocycles. The summed E-state index contributed by atoms with van der Waals surface area (Å²) in [6, 6.07) is 18.2. The van der Waals surface area contributed by atoms with Gasteiger partial charge in [0.05, 0.1) is 0 Å². The molecule has 10 heteroatoms. The number of amides is 3. The molecule has 1 saturated heterocycles. The quantitative estimate of drug-likeness (QED) is 0.266. The molecular formula is C28H31BrN6O3. The van der Waals surface area contributed by atoms with Crippen molar-refractivity contribution in [2.24, 2.45) is 0 Å². The second-order valence-corrected chi connectivity index (χ2v) is 9.90. The lowest BCUT2D eigenvalue weighted by atomic mass is 10.2. The van der Waals surface area contributed by atoms with E-state index in [4.69, 9.17) is 0 Å². The molecule has 0 aliphatic carbocycles. The highest BCUT2D eigenvalue weighted by molar-refractivity contribution is 9.10. The zero-order valence-electron chi connectivity index (χ0n) is 21.0. The van der Waals surface area contributed by atoms with Crippen LogP contribution in [0.3, 0.4) is 0 Å². The molecule has 0 atom stereocenters. The average molecular weight is 579 g/mol. The Balaban J connectivity index is 1.11. The number of rotatable bonds is 9. The van der Waals surface area contributed by atoms with Gasteiger partial charge in [0.25, 0.3) is 5.91 Å². The highest BCUT2D eigenvalue weighted by Gasteiger charge is 2.17. The van der Waals surface area contributed by atoms with Gasteiger partial charge in [-0.05, 0) is 67.1 Å². The fourth-order valence-corrected chi connectivity index (χ4v) is 4.41. The van der Waals surface area contributed by atoms with Gasteiger partial charge in [-0.3, -0.25) is 24.3 Å². The van der Waals surface area contributed by atoms with E-state index in [-0.39, 0.29) is 5.91 Å². The van der Waals surface area contributed by atoms with Gasteiger partial charge in [0.1, 0.15) is 0 Å². The molecular weight excluding hydrogens is 548 g/mol. The lowest BCUT2D eigenvalue weighted by Gasteiger charge is -2.36. The van der Waals surface area contributed by atoms with E-state index >= 15 is 0 Å². The molecule has 0 saturated carbocycles. The van der Waals surface area contributed by atoms with Gasteiger partial charge in [0.2, 0.25) is 0 Å². The van der Waals surface area contributed by atoms with Gasteiger partial charge < -0.3 is 20.9 Å². The van der Waals surface area contributed by atoms with Crippen LogP contribution in [0.15, 0.2) is 77.5 Å². The largest absolute Gasteiger partial charge is 0.369 e. The molecule has 1 fully saturated rings. The lowest BCUT2D eigenvalue weighted by Crippen LogP contribution is -2.47. The molecule has 3 amide bonds. The number of halogens is 1. The summed E-state index contributed by atoms with van der Waals surface area (Å²) in [5.41, 5.74) is 3.16. The first-order valence-electron chi connectivity index (χ1n) is 12.6. The number of nitrogens with zero attached hydrogens (tertiary/aromatic N) is 3. The van der Waals surface area contributed by atoms with E-state index in [0.29, 0.717) is 24.3 Å². The molecule has 0 radical (unpaired) electrons. The van der Waals surface area contributed by atoms with E-state index in [1.807, 2.05) is 36.7 Å². The van der Waals surface area contributed by atoms with E-state index in [1.54, 1.807) is 36.4 Å². The zero-order valence-corrected chi connectivity index (χ0v) is 22.6. The van der Waals surface area contributed by atoms with E-state index in [2.05, 4.69) is 46.7 Å². The fraction of sp³-hybridized carbons (Fsp3) is 0.286. The first-order chi connectivity index (χ1) is 18.5. The molecule has 3 aromatic rings. The summed E-state index contributed by atoms with van der Waals surface area (Å²) in [5.74, 6) is -1.52. The third-order valence-electron chi connectivity index (χ3n) is 6.31. The van der Waals surface area contributed by atoms with Crippen molar-refractivity contribution in [1.29, 1.82) is 0 Å². The predicted molar refractivity (Wildman–Crippen MR) is 151 cm³/mol. The fourth-order valence-electron chi connectivity index (χ4n) is 4.15. The predicted octanol–water partition coefficient (Wildman–Crippen LogP) is 3.04. The molecule has 0 unspecified atom stereocenters. The molecule has 38 heavy (non-hydrogen) atoms. The minimum atomic E-state index is -0.702. The number of piperazine rings is 1. The van der Waals surface area contributed by atoms with E-state index in [9.17, 15) is 14.4 Å². The highest BCUT2D eigenvalue weighted by Crippen LogP contribution is 2.15. The van der Waals surface area contributed by atoms with E-state index in [0.717, 1.165) is 49.2 Å². The van der Waals surface area contributed by atoms with Crippen LogP contribution in [0.2, 0.25) is 0 Å². The number of benzene rings is 2.